The summed E-state index contributed by atoms with van der Waals surface area (Å²) in [7, 11) is -1.69. The summed E-state index contributed by atoms with van der Waals surface area (Å²) in [6.45, 7) is 11.0. The number of unbranched alkanes of at least 4 members (excludes halogenated alkanes) is 1. The summed E-state index contributed by atoms with van der Waals surface area (Å²) in [5.41, 5.74) is 0.367. The van der Waals surface area contributed by atoms with Gasteiger partial charge in [-0.3, -0.25) is 0 Å². The van der Waals surface area contributed by atoms with Crippen molar-refractivity contribution in [1.82, 2.24) is 0 Å². The molecule has 0 saturated carbocycles. The number of hydrogen-bond acceptors (Lipinski definition) is 1. The van der Waals surface area contributed by atoms with E-state index < -0.39 is 8.07 Å². The molecule has 0 bridgehead atoms. The van der Waals surface area contributed by atoms with Gasteiger partial charge in [-0.2, -0.15) is 0 Å². The second-order valence-electron chi connectivity index (χ2n) is 6.46. The van der Waals surface area contributed by atoms with Crippen LogP contribution < -0.4 is 5.19 Å². The molecule has 0 radical (unpaired) electrons. The normalized spacial score (nSPS) is 16.2. The van der Waals surface area contributed by atoms with Crippen molar-refractivity contribution in [1.29, 1.82) is 0 Å². The fourth-order valence-electron chi connectivity index (χ4n) is 3.18. The number of alkyl halides is 1. The molecule has 0 aliphatic heterocycles. The fraction of sp³-hybridized carbons (Fsp3) is 0.556. The van der Waals surface area contributed by atoms with E-state index in [0.29, 0.717) is 11.4 Å². The molecule has 0 aliphatic rings. The second-order valence-corrected chi connectivity index (χ2v) is 11.5. The minimum Gasteiger partial charge on any atom is -0.393 e. The van der Waals surface area contributed by atoms with Crippen molar-refractivity contribution in [3.8, 4) is 0 Å². The maximum absolute atomic E-state index is 10.5. The third-order valence-corrected chi connectivity index (χ3v) is 9.18. The van der Waals surface area contributed by atoms with Gasteiger partial charge in [0.2, 0.25) is 0 Å². The van der Waals surface area contributed by atoms with Crippen molar-refractivity contribution in [2.45, 2.75) is 50.9 Å². The average Bonchev–Trinajstić information content (AvgIpc) is 2.48. The first kappa shape index (κ1) is 18.5. The van der Waals surface area contributed by atoms with E-state index in [1.807, 2.05) is 0 Å². The van der Waals surface area contributed by atoms with Crippen LogP contribution in [0.2, 0.25) is 18.6 Å². The summed E-state index contributed by atoms with van der Waals surface area (Å²) < 4.78 is 0. The first-order chi connectivity index (χ1) is 9.95. The van der Waals surface area contributed by atoms with Gasteiger partial charge in [0, 0.05) is 5.88 Å². The predicted molar refractivity (Wildman–Crippen MR) is 97.2 cm³/mol. The number of rotatable bonds is 9. The molecule has 3 heteroatoms. The third-order valence-electron chi connectivity index (χ3n) is 4.66. The molecule has 3 unspecified atom stereocenters. The molecule has 1 N–H and O–H groups in total. The van der Waals surface area contributed by atoms with Gasteiger partial charge in [-0.1, -0.05) is 61.6 Å². The smallest absolute Gasteiger partial charge is 0.0877 e. The fourth-order valence-corrected chi connectivity index (χ4v) is 6.93. The van der Waals surface area contributed by atoms with E-state index in [1.54, 1.807) is 0 Å². The Bertz CT molecular complexity index is 418. The highest BCUT2D eigenvalue weighted by Gasteiger charge is 2.37. The van der Waals surface area contributed by atoms with Crippen LogP contribution in [0, 0.1) is 5.92 Å². The zero-order valence-electron chi connectivity index (χ0n) is 13.6. The molecule has 1 nitrogen and oxygen atoms in total. The number of aliphatic hydroxyl groups is 1. The van der Waals surface area contributed by atoms with E-state index >= 15 is 0 Å². The van der Waals surface area contributed by atoms with E-state index in [9.17, 15) is 5.11 Å². The van der Waals surface area contributed by atoms with Gasteiger partial charge < -0.3 is 5.11 Å². The molecule has 0 aliphatic carbocycles. The Morgan fingerprint density at radius 3 is 2.38 bits per heavy atom. The molecule has 0 aromatic heterocycles. The lowest BCUT2D eigenvalue weighted by atomic mass is 9.96. The van der Waals surface area contributed by atoms with E-state index in [4.69, 9.17) is 11.6 Å². The summed E-state index contributed by atoms with van der Waals surface area (Å²) in [6.07, 6.45) is 4.59. The molecule has 21 heavy (non-hydrogen) atoms. The topological polar surface area (TPSA) is 20.2 Å². The van der Waals surface area contributed by atoms with E-state index in [0.717, 1.165) is 19.3 Å². The number of allylic oxidation sites excluding steroid dienone is 1. The van der Waals surface area contributed by atoms with Gasteiger partial charge in [0.15, 0.2) is 0 Å². The number of halogens is 1. The van der Waals surface area contributed by atoms with Crippen LogP contribution in [-0.2, 0) is 0 Å². The third kappa shape index (κ3) is 4.98. The molecule has 0 saturated heterocycles. The van der Waals surface area contributed by atoms with E-state index in [2.05, 4.69) is 63.0 Å². The Hall–Kier alpha value is -0.573. The minimum atomic E-state index is -1.69. The van der Waals surface area contributed by atoms with Gasteiger partial charge in [0.1, 0.15) is 0 Å². The standard InChI is InChI=1S/C18H29ClOSi/c1-5-18(15(2)17(20)13-9-10-14-19)21(3,4)16-11-7-6-8-12-16/h5-8,11-12,15,17-18,20H,1,9-10,13-14H2,2-4H3. The summed E-state index contributed by atoms with van der Waals surface area (Å²) in [5, 5.41) is 11.9. The van der Waals surface area contributed by atoms with Crippen LogP contribution in [0.15, 0.2) is 43.0 Å². The Morgan fingerprint density at radius 1 is 1.24 bits per heavy atom. The maximum Gasteiger partial charge on any atom is 0.0877 e. The van der Waals surface area contributed by atoms with E-state index in [1.165, 1.54) is 5.19 Å². The molecule has 0 amide bonds. The van der Waals surface area contributed by atoms with Crippen LogP contribution in [0.5, 0.6) is 0 Å². The van der Waals surface area contributed by atoms with Crippen molar-refractivity contribution >= 4 is 24.9 Å². The summed E-state index contributed by atoms with van der Waals surface area (Å²) in [4.78, 5) is 0. The van der Waals surface area contributed by atoms with Gasteiger partial charge in [0.25, 0.3) is 0 Å². The molecule has 1 rings (SSSR count). The molecule has 3 atom stereocenters. The first-order valence-electron chi connectivity index (χ1n) is 7.87. The molecule has 118 valence electrons. The second kappa shape index (κ2) is 8.77. The first-order valence-corrected chi connectivity index (χ1v) is 11.5. The van der Waals surface area contributed by atoms with Gasteiger partial charge in [-0.15, -0.1) is 18.2 Å². The summed E-state index contributed by atoms with van der Waals surface area (Å²) in [5.74, 6) is 0.913. The van der Waals surface area contributed by atoms with Gasteiger partial charge in [0.05, 0.1) is 14.2 Å². The lowest BCUT2D eigenvalue weighted by Gasteiger charge is -2.37. The van der Waals surface area contributed by atoms with Crippen molar-refractivity contribution in [2.24, 2.45) is 5.92 Å². The Morgan fingerprint density at radius 2 is 1.86 bits per heavy atom. The summed E-state index contributed by atoms with van der Waals surface area (Å²) in [6, 6.07) is 10.7. The van der Waals surface area contributed by atoms with Crippen LogP contribution in [0.25, 0.3) is 0 Å². The van der Waals surface area contributed by atoms with Crippen LogP contribution in [0.3, 0.4) is 0 Å². The number of hydrogen-bond donors (Lipinski definition) is 1. The highest BCUT2D eigenvalue weighted by molar-refractivity contribution is 6.91. The highest BCUT2D eigenvalue weighted by Crippen LogP contribution is 2.34. The lowest BCUT2D eigenvalue weighted by molar-refractivity contribution is 0.106. The molecule has 0 heterocycles. The van der Waals surface area contributed by atoms with Crippen LogP contribution in [0.4, 0.5) is 0 Å². The van der Waals surface area contributed by atoms with Crippen molar-refractivity contribution in [3.05, 3.63) is 43.0 Å². The SMILES string of the molecule is C=CC(C(C)C(O)CCCCCl)[Si](C)(C)c1ccccc1. The Balaban J connectivity index is 2.83. The largest absolute Gasteiger partial charge is 0.393 e. The lowest BCUT2D eigenvalue weighted by Crippen LogP contribution is -2.49. The Kier molecular flexibility index (Phi) is 7.72. The molecule has 0 fully saturated rings. The maximum atomic E-state index is 10.5. The molecule has 1 aromatic rings. The quantitative estimate of drug-likeness (QED) is 0.305. The van der Waals surface area contributed by atoms with Gasteiger partial charge >= 0.3 is 0 Å². The van der Waals surface area contributed by atoms with E-state index in [-0.39, 0.29) is 12.0 Å². The number of benzene rings is 1. The van der Waals surface area contributed by atoms with Crippen molar-refractivity contribution in [3.63, 3.8) is 0 Å². The minimum absolute atomic E-state index is 0.236. The predicted octanol–water partition coefficient (Wildman–Crippen LogP) is 4.56. The van der Waals surface area contributed by atoms with Crippen molar-refractivity contribution in [2.75, 3.05) is 5.88 Å². The summed E-state index contributed by atoms with van der Waals surface area (Å²) >= 11 is 5.72. The molecular formula is C18H29ClOSi. The zero-order valence-corrected chi connectivity index (χ0v) is 15.3. The number of aliphatic hydroxyl groups excluding tert-OH is 1. The van der Waals surface area contributed by atoms with Crippen LogP contribution in [0.1, 0.15) is 26.2 Å². The average molecular weight is 325 g/mol. The van der Waals surface area contributed by atoms with Crippen molar-refractivity contribution < 1.29 is 5.11 Å². The Labute approximate surface area is 136 Å². The molecular weight excluding hydrogens is 296 g/mol. The van der Waals surface area contributed by atoms with Crippen LogP contribution in [-0.4, -0.2) is 25.2 Å². The zero-order chi connectivity index (χ0) is 15.9. The monoisotopic (exact) mass is 324 g/mol. The van der Waals surface area contributed by atoms with Gasteiger partial charge in [-0.25, -0.2) is 0 Å². The molecule has 1 aromatic carbocycles. The van der Waals surface area contributed by atoms with Crippen LogP contribution >= 0.6 is 11.6 Å². The van der Waals surface area contributed by atoms with Gasteiger partial charge in [-0.05, 0) is 30.7 Å². The highest BCUT2D eigenvalue weighted by atomic mass is 35.5. The molecule has 0 spiro atoms.